The predicted molar refractivity (Wildman–Crippen MR) is 87.4 cm³/mol. The van der Waals surface area contributed by atoms with Crippen LogP contribution in [-0.4, -0.2) is 18.0 Å². The van der Waals surface area contributed by atoms with Crippen molar-refractivity contribution in [2.45, 2.75) is 25.3 Å². The molecular weight excluding hydrogens is 317 g/mol. The fourth-order valence-corrected chi connectivity index (χ4v) is 3.73. The molecule has 0 saturated heterocycles. The Morgan fingerprint density at radius 3 is 2.78 bits per heavy atom. The van der Waals surface area contributed by atoms with Gasteiger partial charge in [0.25, 0.3) is 10.0 Å². The molecule has 0 atom stereocenters. The normalized spacial score (nSPS) is 11.8. The van der Waals surface area contributed by atoms with E-state index < -0.39 is 10.0 Å². The molecule has 0 radical (unpaired) electrons. The van der Waals surface area contributed by atoms with Crippen LogP contribution in [0.2, 0.25) is 0 Å². The quantitative estimate of drug-likeness (QED) is 0.797. The van der Waals surface area contributed by atoms with Gasteiger partial charge in [-0.1, -0.05) is 0 Å². The van der Waals surface area contributed by atoms with Gasteiger partial charge in [-0.2, -0.15) is 0 Å². The summed E-state index contributed by atoms with van der Waals surface area (Å²) in [7, 11) is -3.79. The molecule has 3 aromatic rings. The van der Waals surface area contributed by atoms with Crippen LogP contribution in [0.15, 0.2) is 47.6 Å². The van der Waals surface area contributed by atoms with Gasteiger partial charge in [-0.05, 0) is 49.7 Å². The van der Waals surface area contributed by atoms with E-state index in [1.54, 1.807) is 36.0 Å². The molecule has 23 heavy (non-hydrogen) atoms. The summed E-state index contributed by atoms with van der Waals surface area (Å²) in [5, 5.41) is 0.556. The second kappa shape index (κ2) is 5.66. The Balaban J connectivity index is 2.08. The van der Waals surface area contributed by atoms with Crippen LogP contribution in [0, 0.1) is 12.7 Å². The van der Waals surface area contributed by atoms with Crippen molar-refractivity contribution in [2.75, 3.05) is 4.72 Å². The second-order valence-corrected chi connectivity index (χ2v) is 6.87. The molecule has 120 valence electrons. The molecule has 5 nitrogen and oxygen atoms in total. The van der Waals surface area contributed by atoms with Crippen LogP contribution in [0.5, 0.6) is 0 Å². The van der Waals surface area contributed by atoms with Gasteiger partial charge in [0.1, 0.15) is 16.4 Å². The molecule has 2 aromatic heterocycles. The number of aryl methyl sites for hydroxylation is 2. The summed E-state index contributed by atoms with van der Waals surface area (Å²) in [6.45, 7) is 4.11. The molecule has 0 saturated carbocycles. The maximum absolute atomic E-state index is 13.3. The van der Waals surface area contributed by atoms with Gasteiger partial charge >= 0.3 is 0 Å². The van der Waals surface area contributed by atoms with E-state index in [1.165, 1.54) is 18.2 Å². The molecular formula is C16H16FN3O2S. The SMILES string of the molecule is CCn1cc(S(=O)(=O)Nc2ccc(F)c(C)c2)c2cccnc21. The zero-order valence-electron chi connectivity index (χ0n) is 12.7. The Morgan fingerprint density at radius 1 is 1.30 bits per heavy atom. The first-order chi connectivity index (χ1) is 10.9. The van der Waals surface area contributed by atoms with Gasteiger partial charge < -0.3 is 4.57 Å². The summed E-state index contributed by atoms with van der Waals surface area (Å²) in [5.74, 6) is -0.375. The molecule has 0 aliphatic heterocycles. The van der Waals surface area contributed by atoms with Crippen LogP contribution in [0.1, 0.15) is 12.5 Å². The first-order valence-corrected chi connectivity index (χ1v) is 8.63. The van der Waals surface area contributed by atoms with Gasteiger partial charge in [0.15, 0.2) is 0 Å². The average molecular weight is 333 g/mol. The van der Waals surface area contributed by atoms with Crippen molar-refractivity contribution in [3.63, 3.8) is 0 Å². The van der Waals surface area contributed by atoms with Gasteiger partial charge in [0, 0.05) is 30.0 Å². The molecule has 2 heterocycles. The number of benzene rings is 1. The van der Waals surface area contributed by atoms with Gasteiger partial charge in [-0.15, -0.1) is 0 Å². The van der Waals surface area contributed by atoms with Crippen LogP contribution in [0.25, 0.3) is 11.0 Å². The molecule has 0 aliphatic rings. The van der Waals surface area contributed by atoms with E-state index in [0.717, 1.165) is 0 Å². The molecule has 1 N–H and O–H groups in total. The molecule has 0 fully saturated rings. The number of hydrogen-bond donors (Lipinski definition) is 1. The molecule has 0 bridgehead atoms. The number of anilines is 1. The van der Waals surface area contributed by atoms with Crippen LogP contribution >= 0.6 is 0 Å². The third kappa shape index (κ3) is 2.79. The highest BCUT2D eigenvalue weighted by Crippen LogP contribution is 2.26. The number of pyridine rings is 1. The maximum Gasteiger partial charge on any atom is 0.264 e. The van der Waals surface area contributed by atoms with Crippen molar-refractivity contribution in [3.8, 4) is 0 Å². The van der Waals surface area contributed by atoms with Crippen molar-refractivity contribution >= 4 is 26.7 Å². The third-order valence-corrected chi connectivity index (χ3v) is 5.05. The zero-order valence-corrected chi connectivity index (χ0v) is 13.6. The van der Waals surface area contributed by atoms with Crippen molar-refractivity contribution in [2.24, 2.45) is 0 Å². The summed E-state index contributed by atoms with van der Waals surface area (Å²) in [5.41, 5.74) is 1.32. The Bertz CT molecular complexity index is 980. The minimum absolute atomic E-state index is 0.157. The van der Waals surface area contributed by atoms with Gasteiger partial charge in [0.05, 0.1) is 0 Å². The summed E-state index contributed by atoms with van der Waals surface area (Å²) in [4.78, 5) is 4.40. The number of nitrogens with one attached hydrogen (secondary N) is 1. The fraction of sp³-hybridized carbons (Fsp3) is 0.188. The minimum Gasteiger partial charge on any atom is -0.331 e. The van der Waals surface area contributed by atoms with E-state index in [9.17, 15) is 12.8 Å². The lowest BCUT2D eigenvalue weighted by molar-refractivity contribution is 0.601. The molecule has 0 unspecified atom stereocenters. The van der Waals surface area contributed by atoms with Crippen molar-refractivity contribution in [1.29, 1.82) is 0 Å². The van der Waals surface area contributed by atoms with Crippen molar-refractivity contribution < 1.29 is 12.8 Å². The van der Waals surface area contributed by atoms with E-state index in [-0.39, 0.29) is 10.7 Å². The topological polar surface area (TPSA) is 64.0 Å². The molecule has 1 aromatic carbocycles. The first kappa shape index (κ1) is 15.5. The Labute approximate surface area is 133 Å². The average Bonchev–Trinajstić information content (AvgIpc) is 2.90. The minimum atomic E-state index is -3.79. The zero-order chi connectivity index (χ0) is 16.6. The van der Waals surface area contributed by atoms with E-state index >= 15 is 0 Å². The van der Waals surface area contributed by atoms with E-state index in [4.69, 9.17) is 0 Å². The largest absolute Gasteiger partial charge is 0.331 e. The number of sulfonamides is 1. The summed E-state index contributed by atoms with van der Waals surface area (Å²) >= 11 is 0. The first-order valence-electron chi connectivity index (χ1n) is 7.15. The lowest BCUT2D eigenvalue weighted by Gasteiger charge is -2.08. The lowest BCUT2D eigenvalue weighted by atomic mass is 10.2. The Kier molecular flexibility index (Phi) is 3.81. The highest BCUT2D eigenvalue weighted by molar-refractivity contribution is 7.93. The smallest absolute Gasteiger partial charge is 0.264 e. The predicted octanol–water partition coefficient (Wildman–Crippen LogP) is 3.30. The van der Waals surface area contributed by atoms with Gasteiger partial charge in [0.2, 0.25) is 0 Å². The molecule has 0 amide bonds. The molecule has 7 heteroatoms. The standard InChI is InChI=1S/C16H16FN3O2S/c1-3-20-10-15(13-5-4-8-18-16(13)20)23(21,22)19-12-6-7-14(17)11(2)9-12/h4-10,19H,3H2,1-2H3. The number of rotatable bonds is 4. The van der Waals surface area contributed by atoms with Crippen LogP contribution in [-0.2, 0) is 16.6 Å². The van der Waals surface area contributed by atoms with Crippen LogP contribution in [0.4, 0.5) is 10.1 Å². The van der Waals surface area contributed by atoms with Gasteiger partial charge in [-0.25, -0.2) is 17.8 Å². The Morgan fingerprint density at radius 2 is 2.09 bits per heavy atom. The molecule has 0 aliphatic carbocycles. The second-order valence-electron chi connectivity index (χ2n) is 5.22. The number of aromatic nitrogens is 2. The Hall–Kier alpha value is -2.41. The maximum atomic E-state index is 13.3. The number of hydrogen-bond acceptors (Lipinski definition) is 3. The number of nitrogens with zero attached hydrogens (tertiary/aromatic N) is 2. The number of halogens is 1. The number of fused-ring (bicyclic) bond motifs is 1. The highest BCUT2D eigenvalue weighted by atomic mass is 32.2. The summed E-state index contributed by atoms with van der Waals surface area (Å²) in [6, 6.07) is 7.52. The highest BCUT2D eigenvalue weighted by Gasteiger charge is 2.21. The van der Waals surface area contributed by atoms with Crippen LogP contribution < -0.4 is 4.72 Å². The molecule has 0 spiro atoms. The van der Waals surface area contributed by atoms with Crippen molar-refractivity contribution in [1.82, 2.24) is 9.55 Å². The lowest BCUT2D eigenvalue weighted by Crippen LogP contribution is -2.13. The summed E-state index contributed by atoms with van der Waals surface area (Å²) < 4.78 is 43.0. The van der Waals surface area contributed by atoms with Gasteiger partial charge in [-0.3, -0.25) is 4.72 Å². The van der Waals surface area contributed by atoms with E-state index in [0.29, 0.717) is 28.8 Å². The third-order valence-electron chi connectivity index (χ3n) is 3.64. The van der Waals surface area contributed by atoms with Crippen LogP contribution in [0.3, 0.4) is 0 Å². The molecule has 3 rings (SSSR count). The van der Waals surface area contributed by atoms with E-state index in [2.05, 4.69) is 9.71 Å². The monoisotopic (exact) mass is 333 g/mol. The fourth-order valence-electron chi connectivity index (χ4n) is 2.46. The van der Waals surface area contributed by atoms with E-state index in [1.807, 2.05) is 6.92 Å². The summed E-state index contributed by atoms with van der Waals surface area (Å²) in [6.07, 6.45) is 3.19. The van der Waals surface area contributed by atoms with Crippen molar-refractivity contribution in [3.05, 3.63) is 54.1 Å².